The third-order valence-corrected chi connectivity index (χ3v) is 3.32. The van der Waals surface area contributed by atoms with Crippen molar-refractivity contribution >= 4 is 5.69 Å². The van der Waals surface area contributed by atoms with Gasteiger partial charge in [0.05, 0.1) is 18.9 Å². The van der Waals surface area contributed by atoms with E-state index in [0.29, 0.717) is 6.42 Å². The normalized spacial score (nSPS) is 10.0. The molecule has 0 N–H and O–H groups in total. The summed E-state index contributed by atoms with van der Waals surface area (Å²) >= 11 is 0. The first-order valence-electron chi connectivity index (χ1n) is 6.25. The molecule has 0 aliphatic heterocycles. The predicted molar refractivity (Wildman–Crippen MR) is 75.3 cm³/mol. The summed E-state index contributed by atoms with van der Waals surface area (Å²) in [5, 5.41) is 8.59. The van der Waals surface area contributed by atoms with Gasteiger partial charge in [0.15, 0.2) is 0 Å². The van der Waals surface area contributed by atoms with Crippen LogP contribution in [0.15, 0.2) is 6.07 Å². The van der Waals surface area contributed by atoms with Gasteiger partial charge in [0, 0.05) is 20.0 Å². The molecule has 0 amide bonds. The van der Waals surface area contributed by atoms with E-state index in [0.717, 1.165) is 24.4 Å². The van der Waals surface area contributed by atoms with Crippen LogP contribution in [0, 0.1) is 32.1 Å². The van der Waals surface area contributed by atoms with E-state index in [1.165, 1.54) is 16.7 Å². The highest BCUT2D eigenvalue weighted by molar-refractivity contribution is 5.67. The molecular weight excluding hydrogens is 224 g/mol. The van der Waals surface area contributed by atoms with E-state index in [9.17, 15) is 0 Å². The average molecular weight is 246 g/mol. The Balaban J connectivity index is 3.07. The molecule has 0 aliphatic carbocycles. The van der Waals surface area contributed by atoms with Crippen molar-refractivity contribution in [2.45, 2.75) is 33.6 Å². The van der Waals surface area contributed by atoms with Gasteiger partial charge in [-0.05, 0) is 43.9 Å². The largest absolute Gasteiger partial charge is 0.494 e. The maximum absolute atomic E-state index is 8.59. The lowest BCUT2D eigenvalue weighted by molar-refractivity contribution is 0.411. The maximum Gasteiger partial charge on any atom is 0.145 e. The third-order valence-electron chi connectivity index (χ3n) is 3.32. The lowest BCUT2D eigenvalue weighted by Crippen LogP contribution is -2.20. The molecule has 18 heavy (non-hydrogen) atoms. The molecule has 0 saturated heterocycles. The van der Waals surface area contributed by atoms with Crippen molar-refractivity contribution in [3.05, 3.63) is 22.8 Å². The quantitative estimate of drug-likeness (QED) is 0.747. The molecule has 3 nitrogen and oxygen atoms in total. The van der Waals surface area contributed by atoms with Gasteiger partial charge in [0.25, 0.3) is 0 Å². The summed E-state index contributed by atoms with van der Waals surface area (Å²) < 4.78 is 5.56. The van der Waals surface area contributed by atoms with Crippen LogP contribution in [0.3, 0.4) is 0 Å². The summed E-state index contributed by atoms with van der Waals surface area (Å²) in [5.41, 5.74) is 4.79. The van der Waals surface area contributed by atoms with Gasteiger partial charge >= 0.3 is 0 Å². The Morgan fingerprint density at radius 2 is 1.94 bits per heavy atom. The van der Waals surface area contributed by atoms with Crippen LogP contribution in [0.1, 0.15) is 29.5 Å². The number of unbranched alkanes of at least 4 members (excludes halogenated alkanes) is 1. The van der Waals surface area contributed by atoms with Crippen molar-refractivity contribution in [2.75, 3.05) is 25.6 Å². The monoisotopic (exact) mass is 246 g/mol. The number of ether oxygens (including phenoxy) is 1. The van der Waals surface area contributed by atoms with Gasteiger partial charge in [-0.2, -0.15) is 5.26 Å². The number of nitriles is 1. The van der Waals surface area contributed by atoms with Crippen molar-refractivity contribution in [3.63, 3.8) is 0 Å². The molecule has 0 atom stereocenters. The minimum Gasteiger partial charge on any atom is -0.494 e. The molecule has 1 aromatic rings. The van der Waals surface area contributed by atoms with Crippen LogP contribution in [0.25, 0.3) is 0 Å². The second-order valence-corrected chi connectivity index (χ2v) is 4.70. The zero-order valence-electron chi connectivity index (χ0n) is 12.0. The van der Waals surface area contributed by atoms with Crippen LogP contribution in [-0.2, 0) is 0 Å². The molecule has 0 aliphatic rings. The molecule has 1 rings (SSSR count). The zero-order chi connectivity index (χ0) is 13.7. The molecule has 0 aromatic heterocycles. The van der Waals surface area contributed by atoms with Gasteiger partial charge in [-0.3, -0.25) is 0 Å². The zero-order valence-corrected chi connectivity index (χ0v) is 12.0. The summed E-state index contributed by atoms with van der Waals surface area (Å²) in [4.78, 5) is 2.18. The lowest BCUT2D eigenvalue weighted by atomic mass is 10.0. The highest BCUT2D eigenvalue weighted by atomic mass is 16.5. The summed E-state index contributed by atoms with van der Waals surface area (Å²) in [5.74, 6) is 0.951. The number of anilines is 1. The minimum absolute atomic E-state index is 0.594. The number of methoxy groups -OCH3 is 1. The van der Waals surface area contributed by atoms with Crippen molar-refractivity contribution in [1.82, 2.24) is 0 Å². The molecule has 0 saturated carbocycles. The van der Waals surface area contributed by atoms with Crippen LogP contribution in [0.5, 0.6) is 5.75 Å². The Morgan fingerprint density at radius 3 is 2.50 bits per heavy atom. The Labute approximate surface area is 110 Å². The molecule has 0 spiro atoms. The van der Waals surface area contributed by atoms with E-state index in [2.05, 4.69) is 44.9 Å². The number of hydrogen-bond donors (Lipinski definition) is 0. The van der Waals surface area contributed by atoms with Crippen LogP contribution in [0.2, 0.25) is 0 Å². The first-order valence-corrected chi connectivity index (χ1v) is 6.25. The molecule has 0 unspecified atom stereocenters. The van der Waals surface area contributed by atoms with Crippen LogP contribution < -0.4 is 9.64 Å². The fourth-order valence-electron chi connectivity index (χ4n) is 2.27. The third kappa shape index (κ3) is 2.95. The summed E-state index contributed by atoms with van der Waals surface area (Å²) in [6.45, 7) is 7.16. The summed E-state index contributed by atoms with van der Waals surface area (Å²) in [6, 6.07) is 4.37. The molecular formula is C15H22N2O. The van der Waals surface area contributed by atoms with Crippen molar-refractivity contribution in [3.8, 4) is 11.8 Å². The Kier molecular flexibility index (Phi) is 5.03. The summed E-state index contributed by atoms with van der Waals surface area (Å²) in [6.07, 6.45) is 1.47. The van der Waals surface area contributed by atoms with Gasteiger partial charge in [0.1, 0.15) is 5.75 Å². The van der Waals surface area contributed by atoms with Crippen LogP contribution in [0.4, 0.5) is 5.69 Å². The van der Waals surface area contributed by atoms with E-state index in [1.54, 1.807) is 7.11 Å². The first kappa shape index (κ1) is 14.4. The Bertz CT molecular complexity index is 461. The smallest absolute Gasteiger partial charge is 0.145 e. The van der Waals surface area contributed by atoms with Gasteiger partial charge in [-0.15, -0.1) is 0 Å². The van der Waals surface area contributed by atoms with E-state index in [4.69, 9.17) is 10.00 Å². The van der Waals surface area contributed by atoms with E-state index in [-0.39, 0.29) is 0 Å². The molecule has 0 radical (unpaired) electrons. The number of aryl methyl sites for hydroxylation is 2. The van der Waals surface area contributed by atoms with E-state index >= 15 is 0 Å². The fourth-order valence-corrected chi connectivity index (χ4v) is 2.27. The van der Waals surface area contributed by atoms with Gasteiger partial charge in [0.2, 0.25) is 0 Å². The van der Waals surface area contributed by atoms with Crippen LogP contribution >= 0.6 is 0 Å². The van der Waals surface area contributed by atoms with Crippen molar-refractivity contribution in [1.29, 1.82) is 5.26 Å². The lowest BCUT2D eigenvalue weighted by Gasteiger charge is -2.25. The van der Waals surface area contributed by atoms with Gasteiger partial charge in [-0.25, -0.2) is 0 Å². The first-order chi connectivity index (χ1) is 8.52. The number of hydrogen-bond acceptors (Lipinski definition) is 3. The molecule has 0 heterocycles. The van der Waals surface area contributed by atoms with Crippen molar-refractivity contribution < 1.29 is 4.74 Å². The predicted octanol–water partition coefficient (Wildman–Crippen LogP) is 3.36. The summed E-state index contributed by atoms with van der Waals surface area (Å²) in [7, 11) is 3.77. The minimum atomic E-state index is 0.594. The van der Waals surface area contributed by atoms with Gasteiger partial charge in [-0.1, -0.05) is 6.07 Å². The highest BCUT2D eigenvalue weighted by Crippen LogP contribution is 2.36. The molecule has 1 aromatic carbocycles. The van der Waals surface area contributed by atoms with E-state index < -0.39 is 0 Å². The topological polar surface area (TPSA) is 36.3 Å². The second kappa shape index (κ2) is 6.30. The second-order valence-electron chi connectivity index (χ2n) is 4.70. The molecule has 0 bridgehead atoms. The SMILES string of the molecule is COc1c(C)c(C)cc(C)c1N(C)CCCC#N. The standard InChI is InChI=1S/C15H22N2O/c1-11-10-12(2)14(15(18-5)13(11)3)17(4)9-7-6-8-16/h10H,6-7,9H2,1-5H3. The maximum atomic E-state index is 8.59. The van der Waals surface area contributed by atoms with Crippen molar-refractivity contribution in [2.24, 2.45) is 0 Å². The number of benzene rings is 1. The molecule has 3 heteroatoms. The van der Waals surface area contributed by atoms with E-state index in [1.807, 2.05) is 0 Å². The Morgan fingerprint density at radius 1 is 1.28 bits per heavy atom. The Hall–Kier alpha value is -1.69. The van der Waals surface area contributed by atoms with Crippen LogP contribution in [-0.4, -0.2) is 20.7 Å². The number of nitrogens with zero attached hydrogens (tertiary/aromatic N) is 2. The molecule has 0 fully saturated rings. The fraction of sp³-hybridized carbons (Fsp3) is 0.533. The van der Waals surface area contributed by atoms with Gasteiger partial charge < -0.3 is 9.64 Å². The average Bonchev–Trinajstić information content (AvgIpc) is 2.33. The molecule has 98 valence electrons. The highest BCUT2D eigenvalue weighted by Gasteiger charge is 2.15. The number of rotatable bonds is 5.